The average molecular weight is 206 g/mol. The van der Waals surface area contributed by atoms with Crippen molar-refractivity contribution in [1.82, 2.24) is 0 Å². The third kappa shape index (κ3) is 3.76. The smallest absolute Gasteiger partial charge is 0.119 e. The van der Waals surface area contributed by atoms with Crippen LogP contribution >= 0.6 is 0 Å². The minimum atomic E-state index is -0.434. The van der Waals surface area contributed by atoms with E-state index in [9.17, 15) is 5.11 Å². The molecule has 0 spiro atoms. The summed E-state index contributed by atoms with van der Waals surface area (Å²) >= 11 is 0. The monoisotopic (exact) mass is 206 g/mol. The first-order valence-electron chi connectivity index (χ1n) is 5.10. The van der Waals surface area contributed by atoms with Crippen LogP contribution in [0.4, 0.5) is 0 Å². The van der Waals surface area contributed by atoms with Crippen molar-refractivity contribution in [3.63, 3.8) is 0 Å². The van der Waals surface area contributed by atoms with Crippen LogP contribution < -0.4 is 4.74 Å². The molecule has 0 aliphatic rings. The maximum Gasteiger partial charge on any atom is 0.119 e. The Morgan fingerprint density at radius 1 is 1.53 bits per heavy atom. The lowest BCUT2D eigenvalue weighted by molar-refractivity contribution is 0.167. The quantitative estimate of drug-likeness (QED) is 0.750. The van der Waals surface area contributed by atoms with Gasteiger partial charge in [-0.15, -0.1) is 6.58 Å². The van der Waals surface area contributed by atoms with Gasteiger partial charge in [0.25, 0.3) is 0 Å². The molecule has 1 unspecified atom stereocenters. The number of aliphatic hydroxyl groups excluding tert-OH is 1. The number of rotatable bonds is 5. The molecule has 0 aromatic heterocycles. The minimum Gasteiger partial charge on any atom is -0.497 e. The van der Waals surface area contributed by atoms with Gasteiger partial charge in [-0.1, -0.05) is 17.7 Å². The summed E-state index contributed by atoms with van der Waals surface area (Å²) in [4.78, 5) is 0. The van der Waals surface area contributed by atoms with Crippen LogP contribution in [0.25, 0.3) is 0 Å². The summed E-state index contributed by atoms with van der Waals surface area (Å²) in [5.41, 5.74) is 1.99. The van der Waals surface area contributed by atoms with Crippen molar-refractivity contribution in [2.75, 3.05) is 7.11 Å². The van der Waals surface area contributed by atoms with Gasteiger partial charge >= 0.3 is 0 Å². The SMILES string of the molecule is C=C(C)CCC(O)c1cccc(OC)c1. The van der Waals surface area contributed by atoms with Gasteiger partial charge in [0, 0.05) is 0 Å². The molecule has 0 fully saturated rings. The largest absolute Gasteiger partial charge is 0.497 e. The standard InChI is InChI=1S/C13H18O2/c1-10(2)7-8-13(14)11-5-4-6-12(9-11)15-3/h4-6,9,13-14H,1,7-8H2,2-3H3. The van der Waals surface area contributed by atoms with E-state index in [2.05, 4.69) is 6.58 Å². The molecule has 0 saturated heterocycles. The molecule has 1 atom stereocenters. The molecule has 15 heavy (non-hydrogen) atoms. The first kappa shape index (κ1) is 11.8. The van der Waals surface area contributed by atoms with Gasteiger partial charge in [-0.25, -0.2) is 0 Å². The van der Waals surface area contributed by atoms with Crippen molar-refractivity contribution in [1.29, 1.82) is 0 Å². The minimum absolute atomic E-state index is 0.434. The van der Waals surface area contributed by atoms with Crippen LogP contribution in [0.1, 0.15) is 31.4 Å². The average Bonchev–Trinajstić information content (AvgIpc) is 2.26. The number of allylic oxidation sites excluding steroid dienone is 1. The zero-order chi connectivity index (χ0) is 11.3. The molecule has 2 heteroatoms. The summed E-state index contributed by atoms with van der Waals surface area (Å²) in [5.74, 6) is 0.780. The summed E-state index contributed by atoms with van der Waals surface area (Å²) in [7, 11) is 1.62. The highest BCUT2D eigenvalue weighted by Crippen LogP contribution is 2.23. The van der Waals surface area contributed by atoms with E-state index in [1.807, 2.05) is 31.2 Å². The molecule has 0 aliphatic heterocycles. The Kier molecular flexibility index (Phi) is 4.37. The van der Waals surface area contributed by atoms with Crippen molar-refractivity contribution >= 4 is 0 Å². The first-order chi connectivity index (χ1) is 7.13. The lowest BCUT2D eigenvalue weighted by atomic mass is 10.0. The predicted molar refractivity (Wildman–Crippen MR) is 62.0 cm³/mol. The lowest BCUT2D eigenvalue weighted by Gasteiger charge is -2.11. The van der Waals surface area contributed by atoms with Crippen LogP contribution in [0.15, 0.2) is 36.4 Å². The Morgan fingerprint density at radius 3 is 2.87 bits per heavy atom. The van der Waals surface area contributed by atoms with E-state index in [0.717, 1.165) is 23.3 Å². The number of hydrogen-bond acceptors (Lipinski definition) is 2. The molecule has 2 nitrogen and oxygen atoms in total. The van der Waals surface area contributed by atoms with Crippen LogP contribution in [0.3, 0.4) is 0 Å². The molecule has 82 valence electrons. The van der Waals surface area contributed by atoms with E-state index in [4.69, 9.17) is 4.74 Å². The molecule has 0 heterocycles. The van der Waals surface area contributed by atoms with Crippen molar-refractivity contribution in [3.05, 3.63) is 42.0 Å². The third-order valence-corrected chi connectivity index (χ3v) is 2.32. The highest BCUT2D eigenvalue weighted by molar-refractivity contribution is 5.29. The van der Waals surface area contributed by atoms with Crippen LogP contribution in [0.5, 0.6) is 5.75 Å². The van der Waals surface area contributed by atoms with Crippen LogP contribution in [0.2, 0.25) is 0 Å². The molecule has 0 bridgehead atoms. The molecule has 0 saturated carbocycles. The van der Waals surface area contributed by atoms with Crippen LogP contribution in [0, 0.1) is 0 Å². The second-order valence-electron chi connectivity index (χ2n) is 3.79. The number of hydrogen-bond donors (Lipinski definition) is 1. The van der Waals surface area contributed by atoms with Gasteiger partial charge in [0.15, 0.2) is 0 Å². The van der Waals surface area contributed by atoms with Gasteiger partial charge in [-0.05, 0) is 37.5 Å². The van der Waals surface area contributed by atoms with E-state index in [0.29, 0.717) is 6.42 Å². The highest BCUT2D eigenvalue weighted by Gasteiger charge is 2.07. The zero-order valence-corrected chi connectivity index (χ0v) is 9.36. The maximum atomic E-state index is 9.89. The number of aliphatic hydroxyl groups is 1. The van der Waals surface area contributed by atoms with E-state index >= 15 is 0 Å². The van der Waals surface area contributed by atoms with E-state index < -0.39 is 6.10 Å². The molecule has 0 aliphatic carbocycles. The van der Waals surface area contributed by atoms with Crippen molar-refractivity contribution < 1.29 is 9.84 Å². The lowest BCUT2D eigenvalue weighted by Crippen LogP contribution is -1.98. The molecule has 0 radical (unpaired) electrons. The zero-order valence-electron chi connectivity index (χ0n) is 9.36. The summed E-state index contributed by atoms with van der Waals surface area (Å²) in [6.07, 6.45) is 1.12. The molecule has 0 amide bonds. The van der Waals surface area contributed by atoms with E-state index in [1.165, 1.54) is 0 Å². The summed E-state index contributed by atoms with van der Waals surface area (Å²) in [5, 5.41) is 9.89. The molecule has 1 aromatic rings. The topological polar surface area (TPSA) is 29.5 Å². The highest BCUT2D eigenvalue weighted by atomic mass is 16.5. The molecular formula is C13H18O2. The fourth-order valence-corrected chi connectivity index (χ4v) is 1.40. The Bertz CT molecular complexity index is 331. The van der Waals surface area contributed by atoms with Gasteiger partial charge in [-0.3, -0.25) is 0 Å². The predicted octanol–water partition coefficient (Wildman–Crippen LogP) is 3.08. The van der Waals surface area contributed by atoms with Crippen molar-refractivity contribution in [2.24, 2.45) is 0 Å². The molecule has 1 aromatic carbocycles. The normalized spacial score (nSPS) is 12.2. The number of methoxy groups -OCH3 is 1. The number of ether oxygens (including phenoxy) is 1. The summed E-state index contributed by atoms with van der Waals surface area (Å²) in [6.45, 7) is 5.79. The Balaban J connectivity index is 2.64. The van der Waals surface area contributed by atoms with Crippen LogP contribution in [-0.2, 0) is 0 Å². The summed E-state index contributed by atoms with van der Waals surface area (Å²) in [6, 6.07) is 7.53. The van der Waals surface area contributed by atoms with Gasteiger partial charge in [-0.2, -0.15) is 0 Å². The second-order valence-corrected chi connectivity index (χ2v) is 3.79. The Labute approximate surface area is 91.2 Å². The Morgan fingerprint density at radius 2 is 2.27 bits per heavy atom. The molecule has 1 N–H and O–H groups in total. The van der Waals surface area contributed by atoms with Gasteiger partial charge in [0.1, 0.15) is 5.75 Å². The van der Waals surface area contributed by atoms with Gasteiger partial charge in [0.2, 0.25) is 0 Å². The first-order valence-corrected chi connectivity index (χ1v) is 5.10. The summed E-state index contributed by atoms with van der Waals surface area (Å²) < 4.78 is 5.10. The van der Waals surface area contributed by atoms with E-state index in [1.54, 1.807) is 7.11 Å². The fraction of sp³-hybridized carbons (Fsp3) is 0.385. The van der Waals surface area contributed by atoms with Gasteiger partial charge < -0.3 is 9.84 Å². The fourth-order valence-electron chi connectivity index (χ4n) is 1.40. The van der Waals surface area contributed by atoms with Gasteiger partial charge in [0.05, 0.1) is 13.2 Å². The Hall–Kier alpha value is -1.28. The molecular weight excluding hydrogens is 188 g/mol. The third-order valence-electron chi connectivity index (χ3n) is 2.32. The second kappa shape index (κ2) is 5.56. The maximum absolute atomic E-state index is 9.89. The van der Waals surface area contributed by atoms with Crippen LogP contribution in [-0.4, -0.2) is 12.2 Å². The van der Waals surface area contributed by atoms with E-state index in [-0.39, 0.29) is 0 Å². The molecule has 1 rings (SSSR count). The number of benzene rings is 1. The van der Waals surface area contributed by atoms with Crippen molar-refractivity contribution in [3.8, 4) is 5.75 Å². The van der Waals surface area contributed by atoms with Crippen molar-refractivity contribution in [2.45, 2.75) is 25.9 Å².